The fourth-order valence-electron chi connectivity index (χ4n) is 3.62. The summed E-state index contributed by atoms with van der Waals surface area (Å²) in [7, 11) is -3.22. The molecule has 1 aliphatic heterocycles. The van der Waals surface area contributed by atoms with E-state index in [0.29, 0.717) is 42.6 Å². The highest BCUT2D eigenvalue weighted by Crippen LogP contribution is 2.32. The molecule has 3 rings (SSSR count). The van der Waals surface area contributed by atoms with Crippen molar-refractivity contribution in [3.63, 3.8) is 0 Å². The molecule has 0 saturated carbocycles. The molecule has 0 amide bonds. The van der Waals surface area contributed by atoms with Crippen LogP contribution in [0.2, 0.25) is 5.02 Å². The van der Waals surface area contributed by atoms with E-state index in [0.717, 1.165) is 17.1 Å². The van der Waals surface area contributed by atoms with Gasteiger partial charge in [-0.15, -0.1) is 0 Å². The van der Waals surface area contributed by atoms with Gasteiger partial charge in [-0.25, -0.2) is 22.8 Å². The quantitative estimate of drug-likeness (QED) is 0.713. The molecule has 0 bridgehead atoms. The Morgan fingerprint density at radius 2 is 1.79 bits per heavy atom. The summed E-state index contributed by atoms with van der Waals surface area (Å²) in [5.74, 6) is 1.13. The molecule has 0 aliphatic carbocycles. The van der Waals surface area contributed by atoms with Crippen molar-refractivity contribution in [2.45, 2.75) is 33.1 Å². The van der Waals surface area contributed by atoms with Gasteiger partial charge in [-0.05, 0) is 25.0 Å². The number of sulfonamides is 1. The standard InChI is InChI=1S/C20H26ClFN4O2S/c1-13(2)19-16(12-15-17(21)6-5-7-18(15)22)20(24-14(3)23-19)25-8-10-26(11-9-25)29(4,27)28/h5-7,13H,8-12H2,1-4H3. The maximum atomic E-state index is 14.5. The van der Waals surface area contributed by atoms with Crippen LogP contribution in [0.4, 0.5) is 10.2 Å². The fourth-order valence-corrected chi connectivity index (χ4v) is 4.68. The summed E-state index contributed by atoms with van der Waals surface area (Å²) in [5, 5.41) is 0.369. The molecule has 9 heteroatoms. The third kappa shape index (κ3) is 4.87. The summed E-state index contributed by atoms with van der Waals surface area (Å²) in [6, 6.07) is 4.66. The molecular formula is C20H26ClFN4O2S. The first-order chi connectivity index (χ1) is 13.6. The first-order valence-electron chi connectivity index (χ1n) is 9.58. The predicted molar refractivity (Wildman–Crippen MR) is 114 cm³/mol. The van der Waals surface area contributed by atoms with Gasteiger partial charge in [0.05, 0.1) is 11.9 Å². The van der Waals surface area contributed by atoms with Crippen molar-refractivity contribution in [2.24, 2.45) is 0 Å². The number of hydrogen-bond acceptors (Lipinski definition) is 5. The number of piperazine rings is 1. The number of aryl methyl sites for hydroxylation is 1. The van der Waals surface area contributed by atoms with Gasteiger partial charge in [-0.1, -0.05) is 31.5 Å². The highest BCUT2D eigenvalue weighted by atomic mass is 35.5. The molecular weight excluding hydrogens is 415 g/mol. The van der Waals surface area contributed by atoms with Crippen LogP contribution < -0.4 is 4.90 Å². The molecule has 2 heterocycles. The molecule has 1 saturated heterocycles. The van der Waals surface area contributed by atoms with E-state index >= 15 is 0 Å². The molecule has 0 atom stereocenters. The van der Waals surface area contributed by atoms with E-state index in [1.807, 2.05) is 20.8 Å². The molecule has 0 spiro atoms. The van der Waals surface area contributed by atoms with Crippen LogP contribution >= 0.6 is 11.6 Å². The lowest BCUT2D eigenvalue weighted by molar-refractivity contribution is 0.386. The van der Waals surface area contributed by atoms with Gasteiger partial charge in [0, 0.05) is 48.7 Å². The van der Waals surface area contributed by atoms with E-state index in [9.17, 15) is 12.8 Å². The molecule has 1 aliphatic rings. The van der Waals surface area contributed by atoms with Crippen molar-refractivity contribution in [1.29, 1.82) is 0 Å². The van der Waals surface area contributed by atoms with E-state index in [-0.39, 0.29) is 18.2 Å². The van der Waals surface area contributed by atoms with Crippen LogP contribution in [0.5, 0.6) is 0 Å². The third-order valence-corrected chi connectivity index (χ3v) is 6.76. The molecule has 1 aromatic heterocycles. The van der Waals surface area contributed by atoms with Crippen molar-refractivity contribution >= 4 is 27.4 Å². The SMILES string of the molecule is Cc1nc(C(C)C)c(Cc2c(F)cccc2Cl)c(N2CCN(S(C)(=O)=O)CC2)n1. The van der Waals surface area contributed by atoms with Crippen molar-refractivity contribution in [3.8, 4) is 0 Å². The van der Waals surface area contributed by atoms with Crippen LogP contribution in [-0.4, -0.2) is 55.1 Å². The zero-order valence-corrected chi connectivity index (χ0v) is 18.7. The minimum atomic E-state index is -3.22. The van der Waals surface area contributed by atoms with Crippen molar-refractivity contribution in [3.05, 3.63) is 51.7 Å². The Balaban J connectivity index is 2.03. The third-order valence-electron chi connectivity index (χ3n) is 5.10. The number of anilines is 1. The van der Waals surface area contributed by atoms with Gasteiger partial charge < -0.3 is 4.90 Å². The molecule has 1 fully saturated rings. The van der Waals surface area contributed by atoms with E-state index in [1.165, 1.54) is 16.6 Å². The van der Waals surface area contributed by atoms with Crippen molar-refractivity contribution < 1.29 is 12.8 Å². The maximum absolute atomic E-state index is 14.5. The lowest BCUT2D eigenvalue weighted by Crippen LogP contribution is -2.49. The largest absolute Gasteiger partial charge is 0.354 e. The molecule has 1 aromatic carbocycles. The Kier molecular flexibility index (Phi) is 6.45. The van der Waals surface area contributed by atoms with Gasteiger partial charge in [0.25, 0.3) is 0 Å². The van der Waals surface area contributed by atoms with Crippen molar-refractivity contribution in [1.82, 2.24) is 14.3 Å². The number of nitrogens with zero attached hydrogens (tertiary/aromatic N) is 4. The second-order valence-electron chi connectivity index (χ2n) is 7.64. The Morgan fingerprint density at radius 3 is 2.34 bits per heavy atom. The van der Waals surface area contributed by atoms with E-state index in [1.54, 1.807) is 12.1 Å². The minimum absolute atomic E-state index is 0.119. The zero-order chi connectivity index (χ0) is 21.3. The molecule has 2 aromatic rings. The number of benzene rings is 1. The second kappa shape index (κ2) is 8.53. The van der Waals surface area contributed by atoms with Gasteiger partial charge in [0.15, 0.2) is 0 Å². The molecule has 0 unspecified atom stereocenters. The smallest absolute Gasteiger partial charge is 0.211 e. The lowest BCUT2D eigenvalue weighted by Gasteiger charge is -2.35. The van der Waals surface area contributed by atoms with Crippen LogP contribution in [0.3, 0.4) is 0 Å². The number of halogens is 2. The molecule has 0 N–H and O–H groups in total. The monoisotopic (exact) mass is 440 g/mol. The average molecular weight is 441 g/mol. The highest BCUT2D eigenvalue weighted by Gasteiger charge is 2.28. The molecule has 29 heavy (non-hydrogen) atoms. The Labute approximate surface area is 176 Å². The van der Waals surface area contributed by atoms with Crippen LogP contribution in [-0.2, 0) is 16.4 Å². The molecule has 0 radical (unpaired) electrons. The van der Waals surface area contributed by atoms with Crippen LogP contribution in [0, 0.1) is 12.7 Å². The summed E-state index contributed by atoms with van der Waals surface area (Å²) in [6.45, 7) is 7.72. The number of rotatable bonds is 5. The summed E-state index contributed by atoms with van der Waals surface area (Å²) in [6.07, 6.45) is 1.50. The van der Waals surface area contributed by atoms with Gasteiger partial charge in [-0.2, -0.15) is 4.31 Å². The molecule has 158 valence electrons. The number of aromatic nitrogens is 2. The normalized spacial score (nSPS) is 15.9. The Bertz CT molecular complexity index is 986. The fraction of sp³-hybridized carbons (Fsp3) is 0.500. The van der Waals surface area contributed by atoms with Crippen LogP contribution in [0.15, 0.2) is 18.2 Å². The van der Waals surface area contributed by atoms with Crippen LogP contribution in [0.25, 0.3) is 0 Å². The summed E-state index contributed by atoms with van der Waals surface area (Å²) >= 11 is 6.28. The van der Waals surface area contributed by atoms with E-state index in [4.69, 9.17) is 11.6 Å². The second-order valence-corrected chi connectivity index (χ2v) is 10.0. The van der Waals surface area contributed by atoms with Gasteiger partial charge >= 0.3 is 0 Å². The first kappa shape index (κ1) is 21.9. The Hall–Kier alpha value is -1.77. The Morgan fingerprint density at radius 1 is 1.14 bits per heavy atom. The van der Waals surface area contributed by atoms with E-state index < -0.39 is 10.0 Å². The minimum Gasteiger partial charge on any atom is -0.354 e. The molecule has 6 nitrogen and oxygen atoms in total. The van der Waals surface area contributed by atoms with Crippen LogP contribution in [0.1, 0.15) is 42.4 Å². The average Bonchev–Trinajstić information content (AvgIpc) is 2.64. The lowest BCUT2D eigenvalue weighted by atomic mass is 9.97. The summed E-state index contributed by atoms with van der Waals surface area (Å²) in [5.41, 5.74) is 2.11. The topological polar surface area (TPSA) is 66.4 Å². The first-order valence-corrected chi connectivity index (χ1v) is 11.8. The van der Waals surface area contributed by atoms with E-state index in [2.05, 4.69) is 14.9 Å². The van der Waals surface area contributed by atoms with Gasteiger partial charge in [-0.3, -0.25) is 0 Å². The van der Waals surface area contributed by atoms with Gasteiger partial charge in [0.1, 0.15) is 17.5 Å². The maximum Gasteiger partial charge on any atom is 0.211 e. The highest BCUT2D eigenvalue weighted by molar-refractivity contribution is 7.88. The van der Waals surface area contributed by atoms with Gasteiger partial charge in [0.2, 0.25) is 10.0 Å². The summed E-state index contributed by atoms with van der Waals surface area (Å²) < 4.78 is 39.6. The number of hydrogen-bond donors (Lipinski definition) is 0. The predicted octanol–water partition coefficient (Wildman–Crippen LogP) is 3.37. The zero-order valence-electron chi connectivity index (χ0n) is 17.1. The van der Waals surface area contributed by atoms with Crippen molar-refractivity contribution in [2.75, 3.05) is 37.3 Å². The summed E-state index contributed by atoms with van der Waals surface area (Å²) in [4.78, 5) is 11.4.